The van der Waals surface area contributed by atoms with Gasteiger partial charge < -0.3 is 5.32 Å². The van der Waals surface area contributed by atoms with Crippen LogP contribution in [0.2, 0.25) is 0 Å². The predicted molar refractivity (Wildman–Crippen MR) is 47.7 cm³/mol. The van der Waals surface area contributed by atoms with Crippen LogP contribution in [0, 0.1) is 5.92 Å². The molecule has 1 fully saturated rings. The molecule has 1 nitrogen and oxygen atoms in total. The van der Waals surface area contributed by atoms with E-state index in [1.807, 2.05) is 0 Å². The van der Waals surface area contributed by atoms with E-state index < -0.39 is 0 Å². The maximum Gasteiger partial charge on any atom is 0.00683 e. The minimum absolute atomic E-state index is 0. The molecule has 1 aliphatic rings. The van der Waals surface area contributed by atoms with Gasteiger partial charge in [-0.15, -0.1) is 12.4 Å². The highest BCUT2D eigenvalue weighted by molar-refractivity contribution is 5.85. The molecule has 1 N–H and O–H groups in total. The van der Waals surface area contributed by atoms with Crippen molar-refractivity contribution in [3.8, 4) is 0 Å². The van der Waals surface area contributed by atoms with Crippen LogP contribution in [0.3, 0.4) is 0 Å². The second-order valence-electron chi connectivity index (χ2n) is 3.20. The summed E-state index contributed by atoms with van der Waals surface area (Å²) in [5.74, 6) is 0.866. The van der Waals surface area contributed by atoms with Crippen LogP contribution >= 0.6 is 12.4 Å². The van der Waals surface area contributed by atoms with Crippen molar-refractivity contribution < 1.29 is 0 Å². The fourth-order valence-electron chi connectivity index (χ4n) is 0.800. The van der Waals surface area contributed by atoms with Crippen molar-refractivity contribution in [3.63, 3.8) is 0 Å². The zero-order chi connectivity index (χ0) is 6.69. The Balaban J connectivity index is 0.000000810. The van der Waals surface area contributed by atoms with Gasteiger partial charge in [0, 0.05) is 6.04 Å². The third kappa shape index (κ3) is 4.13. The van der Waals surface area contributed by atoms with Gasteiger partial charge in [-0.3, -0.25) is 0 Å². The Hall–Kier alpha value is 0.250. The third-order valence-corrected chi connectivity index (χ3v) is 2.03. The highest BCUT2D eigenvalue weighted by atomic mass is 35.5. The highest BCUT2D eigenvalue weighted by Crippen LogP contribution is 2.18. The summed E-state index contributed by atoms with van der Waals surface area (Å²) < 4.78 is 0. The van der Waals surface area contributed by atoms with Gasteiger partial charge in [-0.25, -0.2) is 0 Å². The van der Waals surface area contributed by atoms with Crippen molar-refractivity contribution in [3.05, 3.63) is 0 Å². The Labute approximate surface area is 70.0 Å². The second kappa shape index (κ2) is 4.97. The number of rotatable bonds is 4. The van der Waals surface area contributed by atoms with Crippen LogP contribution in [-0.2, 0) is 0 Å². The number of hydrogen-bond acceptors (Lipinski definition) is 1. The molecule has 1 aliphatic carbocycles. The van der Waals surface area contributed by atoms with Crippen LogP contribution in [-0.4, -0.2) is 12.6 Å². The lowest BCUT2D eigenvalue weighted by atomic mass is 10.1. The minimum Gasteiger partial charge on any atom is -0.314 e. The minimum atomic E-state index is 0. The van der Waals surface area contributed by atoms with E-state index in [9.17, 15) is 0 Å². The molecule has 1 saturated carbocycles. The van der Waals surface area contributed by atoms with Crippen molar-refractivity contribution in [2.75, 3.05) is 6.54 Å². The number of hydrogen-bond donors (Lipinski definition) is 1. The molecule has 0 spiro atoms. The van der Waals surface area contributed by atoms with Crippen LogP contribution in [0.25, 0.3) is 0 Å². The summed E-state index contributed by atoms with van der Waals surface area (Å²) >= 11 is 0. The monoisotopic (exact) mass is 163 g/mol. The van der Waals surface area contributed by atoms with Crippen molar-refractivity contribution in [1.82, 2.24) is 5.32 Å². The van der Waals surface area contributed by atoms with E-state index in [0.29, 0.717) is 0 Å². The molecular formula is C8H18ClN. The molecule has 0 aromatic heterocycles. The van der Waals surface area contributed by atoms with Crippen LogP contribution in [0.15, 0.2) is 0 Å². The molecule has 62 valence electrons. The van der Waals surface area contributed by atoms with E-state index in [0.717, 1.165) is 12.0 Å². The molecule has 0 amide bonds. The third-order valence-electron chi connectivity index (χ3n) is 2.03. The fourth-order valence-corrected chi connectivity index (χ4v) is 0.800. The quantitative estimate of drug-likeness (QED) is 0.670. The molecule has 1 atom stereocenters. The van der Waals surface area contributed by atoms with Gasteiger partial charge in [0.2, 0.25) is 0 Å². The SMILES string of the molecule is CCC(C)CNC1CC1.Cl. The van der Waals surface area contributed by atoms with Gasteiger partial charge in [-0.1, -0.05) is 20.3 Å². The van der Waals surface area contributed by atoms with Gasteiger partial charge >= 0.3 is 0 Å². The van der Waals surface area contributed by atoms with Gasteiger partial charge in [0.05, 0.1) is 0 Å². The summed E-state index contributed by atoms with van der Waals surface area (Å²) in [7, 11) is 0. The van der Waals surface area contributed by atoms with Gasteiger partial charge in [0.1, 0.15) is 0 Å². The van der Waals surface area contributed by atoms with E-state index in [2.05, 4.69) is 19.2 Å². The molecule has 0 aromatic carbocycles. The first kappa shape index (κ1) is 10.2. The zero-order valence-electron chi connectivity index (χ0n) is 6.89. The lowest BCUT2D eigenvalue weighted by molar-refractivity contribution is 0.498. The first-order chi connectivity index (χ1) is 4.33. The standard InChI is InChI=1S/C8H17N.ClH/c1-3-7(2)6-9-8-4-5-8;/h7-9H,3-6H2,1-2H3;1H. The van der Waals surface area contributed by atoms with E-state index in [-0.39, 0.29) is 12.4 Å². The Morgan fingerprint density at radius 3 is 2.50 bits per heavy atom. The van der Waals surface area contributed by atoms with Gasteiger partial charge in [-0.2, -0.15) is 0 Å². The molecular weight excluding hydrogens is 146 g/mol. The largest absolute Gasteiger partial charge is 0.314 e. The topological polar surface area (TPSA) is 12.0 Å². The van der Waals surface area contributed by atoms with Crippen LogP contribution in [0.5, 0.6) is 0 Å². The summed E-state index contributed by atoms with van der Waals surface area (Å²) in [6, 6.07) is 0.888. The molecule has 0 aromatic rings. The summed E-state index contributed by atoms with van der Waals surface area (Å²) in [5.41, 5.74) is 0. The summed E-state index contributed by atoms with van der Waals surface area (Å²) in [5, 5.41) is 3.51. The smallest absolute Gasteiger partial charge is 0.00683 e. The molecule has 10 heavy (non-hydrogen) atoms. The summed E-state index contributed by atoms with van der Waals surface area (Å²) in [6.45, 7) is 5.77. The van der Waals surface area contributed by atoms with E-state index >= 15 is 0 Å². The highest BCUT2D eigenvalue weighted by Gasteiger charge is 2.20. The normalized spacial score (nSPS) is 19.8. The Morgan fingerprint density at radius 1 is 1.50 bits per heavy atom. The van der Waals surface area contributed by atoms with Crippen molar-refractivity contribution in [2.45, 2.75) is 39.2 Å². The first-order valence-electron chi connectivity index (χ1n) is 4.06. The molecule has 0 bridgehead atoms. The van der Waals surface area contributed by atoms with Crippen LogP contribution in [0.4, 0.5) is 0 Å². The molecule has 1 unspecified atom stereocenters. The molecule has 0 aliphatic heterocycles. The van der Waals surface area contributed by atoms with Gasteiger partial charge in [0.15, 0.2) is 0 Å². The average molecular weight is 164 g/mol. The van der Waals surface area contributed by atoms with Crippen molar-refractivity contribution in [1.29, 1.82) is 0 Å². The van der Waals surface area contributed by atoms with Gasteiger partial charge in [0.25, 0.3) is 0 Å². The van der Waals surface area contributed by atoms with Gasteiger partial charge in [-0.05, 0) is 25.3 Å². The Bertz CT molecular complexity index is 81.3. The Kier molecular flexibility index (Phi) is 5.10. The molecule has 2 heteroatoms. The first-order valence-corrected chi connectivity index (χ1v) is 4.06. The van der Waals surface area contributed by atoms with E-state index in [1.54, 1.807) is 0 Å². The van der Waals surface area contributed by atoms with Crippen LogP contribution < -0.4 is 5.32 Å². The molecule has 1 rings (SSSR count). The predicted octanol–water partition coefficient (Wildman–Crippen LogP) is 2.21. The van der Waals surface area contributed by atoms with Crippen molar-refractivity contribution in [2.24, 2.45) is 5.92 Å². The molecule has 0 heterocycles. The van der Waals surface area contributed by atoms with E-state index in [1.165, 1.54) is 25.8 Å². The summed E-state index contributed by atoms with van der Waals surface area (Å²) in [4.78, 5) is 0. The zero-order valence-corrected chi connectivity index (χ0v) is 7.71. The maximum atomic E-state index is 3.51. The molecule has 0 radical (unpaired) electrons. The fraction of sp³-hybridized carbons (Fsp3) is 1.00. The Morgan fingerprint density at radius 2 is 2.10 bits per heavy atom. The van der Waals surface area contributed by atoms with Crippen LogP contribution in [0.1, 0.15) is 33.1 Å². The number of halogens is 1. The lowest BCUT2D eigenvalue weighted by Crippen LogP contribution is -2.22. The maximum absolute atomic E-state index is 3.51. The molecule has 0 saturated heterocycles. The lowest BCUT2D eigenvalue weighted by Gasteiger charge is -2.07. The average Bonchev–Trinajstić information content (AvgIpc) is 2.65. The van der Waals surface area contributed by atoms with Crippen molar-refractivity contribution >= 4 is 12.4 Å². The number of nitrogens with one attached hydrogen (secondary N) is 1. The summed E-state index contributed by atoms with van der Waals surface area (Å²) in [6.07, 6.45) is 4.13. The second-order valence-corrected chi connectivity index (χ2v) is 3.20. The van der Waals surface area contributed by atoms with E-state index in [4.69, 9.17) is 0 Å².